The minimum Gasteiger partial charge on any atom is -0.497 e. The third-order valence-electron chi connectivity index (χ3n) is 4.12. The van der Waals surface area contributed by atoms with Gasteiger partial charge in [0.1, 0.15) is 5.75 Å². The lowest BCUT2D eigenvalue weighted by atomic mass is 9.78. The summed E-state index contributed by atoms with van der Waals surface area (Å²) in [6.07, 6.45) is 3.40. The first-order valence-corrected chi connectivity index (χ1v) is 7.04. The Balaban J connectivity index is 2.46. The molecule has 1 saturated carbocycles. The zero-order valence-electron chi connectivity index (χ0n) is 12.5. The fourth-order valence-corrected chi connectivity index (χ4v) is 3.12. The van der Waals surface area contributed by atoms with Gasteiger partial charge in [-0.25, -0.2) is 0 Å². The Hall–Kier alpha value is -1.55. The Kier molecular flexibility index (Phi) is 4.33. The first kappa shape index (κ1) is 14.9. The zero-order valence-corrected chi connectivity index (χ0v) is 12.5. The number of hydrogen-bond acceptors (Lipinski definition) is 3. The first-order chi connectivity index (χ1) is 9.48. The highest BCUT2D eigenvalue weighted by Crippen LogP contribution is 2.42. The maximum atomic E-state index is 11.8. The van der Waals surface area contributed by atoms with Crippen molar-refractivity contribution in [2.24, 2.45) is 0 Å². The molecule has 0 heterocycles. The van der Waals surface area contributed by atoms with Crippen LogP contribution in [-0.2, 0) is 16.8 Å². The lowest BCUT2D eigenvalue weighted by Crippen LogP contribution is -2.32. The van der Waals surface area contributed by atoms with Crippen LogP contribution in [-0.4, -0.2) is 37.2 Å². The molecule has 110 valence electrons. The van der Waals surface area contributed by atoms with Crippen molar-refractivity contribution < 1.29 is 14.6 Å². The van der Waals surface area contributed by atoms with Crippen LogP contribution in [0.1, 0.15) is 36.8 Å². The molecule has 20 heavy (non-hydrogen) atoms. The smallest absolute Gasteiger partial charge is 0.314 e. The number of aliphatic carboxylic acids is 1. The molecule has 0 radical (unpaired) electrons. The van der Waals surface area contributed by atoms with Gasteiger partial charge >= 0.3 is 5.97 Å². The van der Waals surface area contributed by atoms with Gasteiger partial charge in [-0.2, -0.15) is 0 Å². The van der Waals surface area contributed by atoms with Crippen LogP contribution in [0.15, 0.2) is 18.2 Å². The van der Waals surface area contributed by atoms with E-state index in [2.05, 4.69) is 4.90 Å². The topological polar surface area (TPSA) is 49.8 Å². The predicted molar refractivity (Wildman–Crippen MR) is 78.2 cm³/mol. The van der Waals surface area contributed by atoms with Gasteiger partial charge in [0.15, 0.2) is 0 Å². The van der Waals surface area contributed by atoms with E-state index in [1.807, 2.05) is 32.3 Å². The van der Waals surface area contributed by atoms with Crippen molar-refractivity contribution in [3.8, 4) is 5.75 Å². The molecule has 0 atom stereocenters. The summed E-state index contributed by atoms with van der Waals surface area (Å²) < 4.78 is 5.35. The van der Waals surface area contributed by atoms with Gasteiger partial charge in [-0.3, -0.25) is 4.79 Å². The lowest BCUT2D eigenvalue weighted by molar-refractivity contribution is -0.143. The standard InChI is InChI=1S/C16H23NO3/c1-17(2)11-12-8-13(10-14(9-12)20-3)16(15(18)19)6-4-5-7-16/h8-10H,4-7,11H2,1-3H3,(H,18,19). The molecule has 0 saturated heterocycles. The fraction of sp³-hybridized carbons (Fsp3) is 0.562. The third-order valence-corrected chi connectivity index (χ3v) is 4.12. The molecule has 1 aromatic rings. The molecular formula is C16H23NO3. The van der Waals surface area contributed by atoms with Crippen LogP contribution in [0.4, 0.5) is 0 Å². The number of nitrogens with zero attached hydrogens (tertiary/aromatic N) is 1. The lowest BCUT2D eigenvalue weighted by Gasteiger charge is -2.26. The van der Waals surface area contributed by atoms with Gasteiger partial charge in [0.25, 0.3) is 0 Å². The maximum absolute atomic E-state index is 11.8. The number of hydrogen-bond donors (Lipinski definition) is 1. The van der Waals surface area contributed by atoms with Crippen molar-refractivity contribution in [2.45, 2.75) is 37.6 Å². The average Bonchev–Trinajstić information content (AvgIpc) is 2.88. The van der Waals surface area contributed by atoms with Crippen molar-refractivity contribution in [3.05, 3.63) is 29.3 Å². The molecule has 0 unspecified atom stereocenters. The Morgan fingerprint density at radius 3 is 2.45 bits per heavy atom. The van der Waals surface area contributed by atoms with Crippen LogP contribution in [0.5, 0.6) is 5.75 Å². The second-order valence-corrected chi connectivity index (χ2v) is 5.90. The largest absolute Gasteiger partial charge is 0.497 e. The van der Waals surface area contributed by atoms with Gasteiger partial charge in [-0.1, -0.05) is 18.9 Å². The molecule has 4 nitrogen and oxygen atoms in total. The van der Waals surface area contributed by atoms with Crippen molar-refractivity contribution in [3.63, 3.8) is 0 Å². The summed E-state index contributed by atoms with van der Waals surface area (Å²) in [7, 11) is 5.63. The van der Waals surface area contributed by atoms with E-state index >= 15 is 0 Å². The minimum atomic E-state index is -0.727. The van der Waals surface area contributed by atoms with E-state index in [0.717, 1.165) is 49.1 Å². The second-order valence-electron chi connectivity index (χ2n) is 5.90. The molecule has 0 amide bonds. The summed E-state index contributed by atoms with van der Waals surface area (Å²) in [6.45, 7) is 0.778. The Morgan fingerprint density at radius 2 is 1.95 bits per heavy atom. The van der Waals surface area contributed by atoms with Crippen LogP contribution >= 0.6 is 0 Å². The van der Waals surface area contributed by atoms with E-state index in [1.165, 1.54) is 0 Å². The molecular weight excluding hydrogens is 254 g/mol. The number of ether oxygens (including phenoxy) is 1. The molecule has 1 aliphatic rings. The van der Waals surface area contributed by atoms with Crippen LogP contribution in [0, 0.1) is 0 Å². The van der Waals surface area contributed by atoms with Crippen molar-refractivity contribution in [1.29, 1.82) is 0 Å². The molecule has 1 aromatic carbocycles. The summed E-state index contributed by atoms with van der Waals surface area (Å²) in [4.78, 5) is 13.9. The average molecular weight is 277 g/mol. The Bertz CT molecular complexity index is 490. The number of carboxylic acid groups (broad SMARTS) is 1. The highest BCUT2D eigenvalue weighted by atomic mass is 16.5. The number of carboxylic acids is 1. The summed E-state index contributed by atoms with van der Waals surface area (Å²) >= 11 is 0. The van der Waals surface area contributed by atoms with Crippen molar-refractivity contribution in [2.75, 3.05) is 21.2 Å². The predicted octanol–water partition coefficient (Wildman–Crippen LogP) is 2.65. The molecule has 0 bridgehead atoms. The summed E-state index contributed by atoms with van der Waals surface area (Å²) in [6, 6.07) is 5.90. The molecule has 4 heteroatoms. The van der Waals surface area contributed by atoms with Crippen molar-refractivity contribution >= 4 is 5.97 Å². The zero-order chi connectivity index (χ0) is 14.8. The Labute approximate surface area is 120 Å². The minimum absolute atomic E-state index is 0.709. The normalized spacial score (nSPS) is 17.4. The van der Waals surface area contributed by atoms with Gasteiger partial charge in [0.2, 0.25) is 0 Å². The van der Waals surface area contributed by atoms with E-state index in [-0.39, 0.29) is 0 Å². The SMILES string of the molecule is COc1cc(CN(C)C)cc(C2(C(=O)O)CCCC2)c1. The van der Waals surface area contributed by atoms with E-state index in [0.29, 0.717) is 0 Å². The highest BCUT2D eigenvalue weighted by molar-refractivity contribution is 5.82. The molecule has 1 fully saturated rings. The van der Waals surface area contributed by atoms with Gasteiger partial charge in [-0.05, 0) is 50.2 Å². The van der Waals surface area contributed by atoms with Gasteiger partial charge in [0.05, 0.1) is 12.5 Å². The monoisotopic (exact) mass is 277 g/mol. The van der Waals surface area contributed by atoms with Gasteiger partial charge in [-0.15, -0.1) is 0 Å². The van der Waals surface area contributed by atoms with E-state index in [4.69, 9.17) is 4.74 Å². The third kappa shape index (κ3) is 2.80. The summed E-state index contributed by atoms with van der Waals surface area (Å²) in [5.41, 5.74) is 1.26. The van der Waals surface area contributed by atoms with E-state index in [1.54, 1.807) is 7.11 Å². The van der Waals surface area contributed by atoms with Crippen LogP contribution < -0.4 is 4.74 Å². The van der Waals surface area contributed by atoms with E-state index in [9.17, 15) is 9.90 Å². The molecule has 2 rings (SSSR count). The number of rotatable bonds is 5. The van der Waals surface area contributed by atoms with Crippen LogP contribution in [0.25, 0.3) is 0 Å². The Morgan fingerprint density at radius 1 is 1.30 bits per heavy atom. The molecule has 0 aliphatic heterocycles. The van der Waals surface area contributed by atoms with E-state index < -0.39 is 11.4 Å². The quantitative estimate of drug-likeness (QED) is 0.899. The van der Waals surface area contributed by atoms with Gasteiger partial charge in [0, 0.05) is 6.54 Å². The molecule has 1 N–H and O–H groups in total. The molecule has 0 aromatic heterocycles. The second kappa shape index (κ2) is 5.83. The summed E-state index contributed by atoms with van der Waals surface area (Å²) in [5, 5.41) is 9.70. The van der Waals surface area contributed by atoms with Crippen LogP contribution in [0.2, 0.25) is 0 Å². The number of carbonyl (C=O) groups is 1. The molecule has 1 aliphatic carbocycles. The first-order valence-electron chi connectivity index (χ1n) is 7.04. The number of methoxy groups -OCH3 is 1. The molecule has 0 spiro atoms. The van der Waals surface area contributed by atoms with Gasteiger partial charge < -0.3 is 14.7 Å². The highest BCUT2D eigenvalue weighted by Gasteiger charge is 2.43. The van der Waals surface area contributed by atoms with Crippen molar-refractivity contribution in [1.82, 2.24) is 4.90 Å². The van der Waals surface area contributed by atoms with Crippen LogP contribution in [0.3, 0.4) is 0 Å². The fourth-order valence-electron chi connectivity index (χ4n) is 3.12. The summed E-state index contributed by atoms with van der Waals surface area (Å²) in [5.74, 6) is 0.0333. The number of benzene rings is 1. The maximum Gasteiger partial charge on any atom is 0.314 e.